The molecule has 0 spiro atoms. The lowest BCUT2D eigenvalue weighted by molar-refractivity contribution is 0.262. The molecule has 3 aliphatic carbocycles. The summed E-state index contributed by atoms with van der Waals surface area (Å²) in [5, 5.41) is 0. The topological polar surface area (TPSA) is 12.5 Å². The molecule has 9 rings (SSSR count). The van der Waals surface area contributed by atoms with E-state index in [0.29, 0.717) is 11.8 Å². The fraction of sp³-hybridized carbons (Fsp3) is 0.200. The maximum atomic E-state index is 6.66. The van der Waals surface area contributed by atoms with E-state index < -0.39 is 0 Å². The van der Waals surface area contributed by atoms with Gasteiger partial charge in [0.1, 0.15) is 11.5 Å². The van der Waals surface area contributed by atoms with Crippen LogP contribution in [0.25, 0.3) is 39.0 Å². The van der Waals surface area contributed by atoms with Crippen molar-refractivity contribution in [1.29, 1.82) is 0 Å². The Hall–Kier alpha value is -6.64. The predicted octanol–water partition coefficient (Wildman–Crippen LogP) is 16.8. The molecule has 308 valence electrons. The molecule has 1 heterocycles. The molecule has 0 saturated heterocycles. The predicted molar refractivity (Wildman–Crippen MR) is 264 cm³/mol. The number of anilines is 2. The Morgan fingerprint density at radius 3 is 1.87 bits per heavy atom. The van der Waals surface area contributed by atoms with Crippen molar-refractivity contribution in [1.82, 2.24) is 0 Å². The van der Waals surface area contributed by atoms with Crippen molar-refractivity contribution in [3.05, 3.63) is 233 Å². The maximum absolute atomic E-state index is 6.66. The van der Waals surface area contributed by atoms with E-state index in [2.05, 4.69) is 222 Å². The zero-order valence-corrected chi connectivity index (χ0v) is 36.9. The van der Waals surface area contributed by atoms with Gasteiger partial charge in [0.15, 0.2) is 0 Å². The smallest absolute Gasteiger partial charge is 0.119 e. The van der Waals surface area contributed by atoms with Gasteiger partial charge < -0.3 is 9.64 Å². The normalized spacial score (nSPS) is 18.3. The molecular weight excluding hydrogens is 751 g/mol. The van der Waals surface area contributed by atoms with Crippen molar-refractivity contribution in [2.45, 2.75) is 66.2 Å². The van der Waals surface area contributed by atoms with E-state index in [9.17, 15) is 0 Å². The number of allylic oxidation sites excluding steroid dienone is 15. The number of ether oxygens (including phenoxy) is 1. The maximum Gasteiger partial charge on any atom is 0.119 e. The number of benzene rings is 5. The van der Waals surface area contributed by atoms with Crippen molar-refractivity contribution in [3.63, 3.8) is 0 Å². The van der Waals surface area contributed by atoms with Gasteiger partial charge in [-0.3, -0.25) is 0 Å². The number of fused-ring (bicyclic) bond motifs is 2. The van der Waals surface area contributed by atoms with Gasteiger partial charge >= 0.3 is 0 Å². The third-order valence-corrected chi connectivity index (χ3v) is 12.8. The summed E-state index contributed by atoms with van der Waals surface area (Å²) < 4.78 is 6.66. The van der Waals surface area contributed by atoms with E-state index in [1.165, 1.54) is 74.1 Å². The monoisotopic (exact) mass is 807 g/mol. The zero-order chi connectivity index (χ0) is 42.7. The van der Waals surface area contributed by atoms with Crippen LogP contribution in [0.3, 0.4) is 0 Å². The molecule has 5 aromatic carbocycles. The van der Waals surface area contributed by atoms with Gasteiger partial charge in [0.25, 0.3) is 0 Å². The van der Waals surface area contributed by atoms with Gasteiger partial charge in [-0.25, -0.2) is 0 Å². The van der Waals surface area contributed by atoms with Crippen LogP contribution in [0.2, 0.25) is 0 Å². The van der Waals surface area contributed by atoms with Gasteiger partial charge in [-0.05, 0) is 145 Å². The van der Waals surface area contributed by atoms with E-state index in [1.54, 1.807) is 0 Å². The fourth-order valence-electron chi connectivity index (χ4n) is 9.45. The van der Waals surface area contributed by atoms with Gasteiger partial charge in [-0.1, -0.05) is 165 Å². The van der Waals surface area contributed by atoms with E-state index in [1.807, 2.05) is 0 Å². The Morgan fingerprint density at radius 2 is 1.26 bits per heavy atom. The van der Waals surface area contributed by atoms with Gasteiger partial charge in [0.05, 0.1) is 0 Å². The second-order valence-corrected chi connectivity index (χ2v) is 17.3. The largest absolute Gasteiger partial charge is 0.464 e. The lowest BCUT2D eigenvalue weighted by Crippen LogP contribution is -2.15. The minimum Gasteiger partial charge on any atom is -0.464 e. The highest BCUT2D eigenvalue weighted by Gasteiger charge is 2.37. The minimum atomic E-state index is 0.260. The van der Waals surface area contributed by atoms with Crippen LogP contribution in [0.4, 0.5) is 11.4 Å². The standard InChI is InChI=1S/C60H57NO/c1-7-15-52(40(3)4)55-21-14-20-54(58(55)48-29-30-48)47-33-38-51(39-34-47)61(50-36-31-46(32-37-50)45-27-25-44(26-28-45)43-17-10-9-11-18-43)49(8-2)35-24-41(5)53-19-13-23-57-56-22-12-16-42(6)59(56)62-60(53)57/h7-15,17-22,24-28,31-39,42,48,57H,5,16,23,29-30H2,1-4,6H3/b15-7-,35-24-,49-8+. The SMILES string of the molecule is C=C(/C=C\C(=C/C)N(c1ccc(-c2ccc(-c3ccccc3)cc2)cc1)c1ccc(-c2cccc(C(/C=C\C)=C(C)C)c2C2CC2)cc1)C1=C2OC3=C(C=CCC3C)C2CC=C1. The first-order valence-electron chi connectivity index (χ1n) is 22.5. The third-order valence-electron chi connectivity index (χ3n) is 12.8. The number of hydrogen-bond donors (Lipinski definition) is 0. The lowest BCUT2D eigenvalue weighted by atomic mass is 9.83. The minimum absolute atomic E-state index is 0.260. The summed E-state index contributed by atoms with van der Waals surface area (Å²) in [7, 11) is 0. The molecule has 2 nitrogen and oxygen atoms in total. The highest BCUT2D eigenvalue weighted by Crippen LogP contribution is 2.49. The second-order valence-electron chi connectivity index (χ2n) is 17.3. The molecule has 0 amide bonds. The fourth-order valence-corrected chi connectivity index (χ4v) is 9.45. The summed E-state index contributed by atoms with van der Waals surface area (Å²) >= 11 is 0. The molecule has 0 aromatic heterocycles. The van der Waals surface area contributed by atoms with Gasteiger partial charge in [-0.2, -0.15) is 0 Å². The first-order valence-corrected chi connectivity index (χ1v) is 22.5. The van der Waals surface area contributed by atoms with Crippen LogP contribution >= 0.6 is 0 Å². The molecule has 2 atom stereocenters. The summed E-state index contributed by atoms with van der Waals surface area (Å²) in [6.07, 6.45) is 24.5. The van der Waals surface area contributed by atoms with E-state index >= 15 is 0 Å². The van der Waals surface area contributed by atoms with Gasteiger partial charge in [0, 0.05) is 40.1 Å². The van der Waals surface area contributed by atoms with Crippen LogP contribution in [0.15, 0.2) is 222 Å². The molecule has 1 fully saturated rings. The van der Waals surface area contributed by atoms with Crippen LogP contribution in [0.5, 0.6) is 0 Å². The quantitative estimate of drug-likeness (QED) is 0.116. The molecule has 1 aliphatic heterocycles. The van der Waals surface area contributed by atoms with Gasteiger partial charge in [0.2, 0.25) is 0 Å². The Labute approximate surface area is 369 Å². The van der Waals surface area contributed by atoms with Crippen LogP contribution in [0.1, 0.15) is 77.3 Å². The number of nitrogens with zero attached hydrogens (tertiary/aromatic N) is 1. The van der Waals surface area contributed by atoms with Crippen LogP contribution in [0, 0.1) is 11.8 Å². The molecule has 0 N–H and O–H groups in total. The highest BCUT2D eigenvalue weighted by molar-refractivity contribution is 5.85. The Kier molecular flexibility index (Phi) is 11.7. The Bertz CT molecular complexity index is 2740. The summed E-state index contributed by atoms with van der Waals surface area (Å²) in [6.45, 7) is 15.6. The summed E-state index contributed by atoms with van der Waals surface area (Å²) in [5.41, 5.74) is 19.5. The van der Waals surface area contributed by atoms with Crippen molar-refractivity contribution >= 4 is 16.9 Å². The molecule has 62 heavy (non-hydrogen) atoms. The molecule has 0 bridgehead atoms. The Balaban J connectivity index is 1.06. The van der Waals surface area contributed by atoms with Crippen molar-refractivity contribution in [3.8, 4) is 33.4 Å². The van der Waals surface area contributed by atoms with Crippen molar-refractivity contribution in [2.24, 2.45) is 11.8 Å². The van der Waals surface area contributed by atoms with E-state index in [-0.39, 0.29) is 5.92 Å². The highest BCUT2D eigenvalue weighted by atomic mass is 16.5. The van der Waals surface area contributed by atoms with Crippen molar-refractivity contribution < 1.29 is 4.74 Å². The van der Waals surface area contributed by atoms with Crippen LogP contribution < -0.4 is 4.90 Å². The van der Waals surface area contributed by atoms with Crippen LogP contribution in [-0.4, -0.2) is 0 Å². The molecule has 2 heteroatoms. The molecule has 0 radical (unpaired) electrons. The number of rotatable bonds is 12. The Morgan fingerprint density at radius 1 is 0.645 bits per heavy atom. The lowest BCUT2D eigenvalue weighted by Gasteiger charge is -2.27. The molecule has 5 aromatic rings. The average Bonchev–Trinajstić information content (AvgIpc) is 4.09. The first-order chi connectivity index (χ1) is 30.3. The summed E-state index contributed by atoms with van der Waals surface area (Å²) in [4.78, 5) is 2.36. The summed E-state index contributed by atoms with van der Waals surface area (Å²) in [5.74, 6) is 3.43. The van der Waals surface area contributed by atoms with Crippen LogP contribution in [-0.2, 0) is 4.74 Å². The van der Waals surface area contributed by atoms with E-state index in [0.717, 1.165) is 52.6 Å². The van der Waals surface area contributed by atoms with E-state index in [4.69, 9.17) is 4.74 Å². The molecular formula is C60H57NO. The number of hydrogen-bond acceptors (Lipinski definition) is 2. The molecule has 4 aliphatic rings. The van der Waals surface area contributed by atoms with Gasteiger partial charge in [-0.15, -0.1) is 0 Å². The first kappa shape index (κ1) is 40.7. The van der Waals surface area contributed by atoms with Crippen molar-refractivity contribution in [2.75, 3.05) is 4.90 Å². The zero-order valence-electron chi connectivity index (χ0n) is 36.9. The summed E-state index contributed by atoms with van der Waals surface area (Å²) in [6, 6.07) is 44.5. The molecule has 1 saturated carbocycles. The average molecular weight is 808 g/mol. The third kappa shape index (κ3) is 8.10. The molecule has 2 unspecified atom stereocenters. The second kappa shape index (κ2) is 17.8.